The van der Waals surface area contributed by atoms with Gasteiger partial charge in [-0.3, -0.25) is 4.79 Å². The topological polar surface area (TPSA) is 71.3 Å². The van der Waals surface area contributed by atoms with Gasteiger partial charge in [0.15, 0.2) is 0 Å². The lowest BCUT2D eigenvalue weighted by Gasteiger charge is -2.08. The second kappa shape index (κ2) is 5.96. The van der Waals surface area contributed by atoms with Crippen molar-refractivity contribution >= 4 is 28.5 Å². The fourth-order valence-electron chi connectivity index (χ4n) is 2.51. The molecule has 1 heterocycles. The van der Waals surface area contributed by atoms with Crippen molar-refractivity contribution in [3.63, 3.8) is 0 Å². The van der Waals surface area contributed by atoms with E-state index in [0.29, 0.717) is 5.69 Å². The predicted octanol–water partition coefficient (Wildman–Crippen LogP) is 3.29. The van der Waals surface area contributed by atoms with Crippen molar-refractivity contribution in [3.8, 4) is 0 Å². The third-order valence-corrected chi connectivity index (χ3v) is 3.66. The van der Waals surface area contributed by atoms with Gasteiger partial charge in [-0.1, -0.05) is 11.6 Å². The SMILES string of the molecule is Cc1ccc2c(ccn2CC(=O)Nc2ccc(C(=O)O)cc2)c1. The first-order chi connectivity index (χ1) is 11.0. The fourth-order valence-corrected chi connectivity index (χ4v) is 2.51. The highest BCUT2D eigenvalue weighted by Gasteiger charge is 2.08. The van der Waals surface area contributed by atoms with Gasteiger partial charge in [0, 0.05) is 17.4 Å². The van der Waals surface area contributed by atoms with Gasteiger partial charge in [-0.15, -0.1) is 0 Å². The Balaban J connectivity index is 1.72. The Morgan fingerprint density at radius 2 is 1.83 bits per heavy atom. The van der Waals surface area contributed by atoms with Gasteiger partial charge in [-0.05, 0) is 54.8 Å². The molecule has 2 N–H and O–H groups in total. The van der Waals surface area contributed by atoms with Gasteiger partial charge in [0.25, 0.3) is 0 Å². The molecule has 116 valence electrons. The quantitative estimate of drug-likeness (QED) is 0.777. The van der Waals surface area contributed by atoms with Gasteiger partial charge in [0.05, 0.1) is 5.56 Å². The summed E-state index contributed by atoms with van der Waals surface area (Å²) in [6.45, 7) is 2.23. The lowest BCUT2D eigenvalue weighted by Crippen LogP contribution is -2.18. The highest BCUT2D eigenvalue weighted by Crippen LogP contribution is 2.17. The second-order valence-electron chi connectivity index (χ2n) is 5.44. The van der Waals surface area contributed by atoms with E-state index >= 15 is 0 Å². The summed E-state index contributed by atoms with van der Waals surface area (Å²) >= 11 is 0. The average Bonchev–Trinajstić information content (AvgIpc) is 2.89. The van der Waals surface area contributed by atoms with Gasteiger partial charge < -0.3 is 15.0 Å². The van der Waals surface area contributed by atoms with Crippen LogP contribution < -0.4 is 5.32 Å². The van der Waals surface area contributed by atoms with E-state index in [9.17, 15) is 9.59 Å². The highest BCUT2D eigenvalue weighted by atomic mass is 16.4. The van der Waals surface area contributed by atoms with Crippen molar-refractivity contribution in [1.29, 1.82) is 0 Å². The Morgan fingerprint density at radius 1 is 1.09 bits per heavy atom. The van der Waals surface area contributed by atoms with Crippen LogP contribution in [0.15, 0.2) is 54.7 Å². The van der Waals surface area contributed by atoms with E-state index in [1.54, 1.807) is 12.1 Å². The summed E-state index contributed by atoms with van der Waals surface area (Å²) in [4.78, 5) is 23.0. The first kappa shape index (κ1) is 14.8. The summed E-state index contributed by atoms with van der Waals surface area (Å²) in [6.07, 6.45) is 1.89. The zero-order valence-corrected chi connectivity index (χ0v) is 12.6. The van der Waals surface area contributed by atoms with Crippen molar-refractivity contribution in [2.75, 3.05) is 5.32 Å². The van der Waals surface area contributed by atoms with Crippen LogP contribution in [-0.4, -0.2) is 21.6 Å². The summed E-state index contributed by atoms with van der Waals surface area (Å²) in [7, 11) is 0. The zero-order valence-electron chi connectivity index (χ0n) is 12.6. The maximum absolute atomic E-state index is 12.2. The molecule has 0 spiro atoms. The van der Waals surface area contributed by atoms with Crippen LogP contribution in [0.4, 0.5) is 5.69 Å². The predicted molar refractivity (Wildman–Crippen MR) is 88.7 cm³/mol. The van der Waals surface area contributed by atoms with Crippen molar-refractivity contribution in [2.24, 2.45) is 0 Å². The lowest BCUT2D eigenvalue weighted by atomic mass is 10.2. The van der Waals surface area contributed by atoms with E-state index < -0.39 is 5.97 Å². The molecule has 0 aliphatic carbocycles. The van der Waals surface area contributed by atoms with Gasteiger partial charge in [-0.25, -0.2) is 4.79 Å². The van der Waals surface area contributed by atoms with Crippen molar-refractivity contribution in [3.05, 3.63) is 65.9 Å². The normalized spacial score (nSPS) is 10.7. The number of nitrogens with one attached hydrogen (secondary N) is 1. The zero-order chi connectivity index (χ0) is 16.4. The number of carboxylic acids is 1. The minimum Gasteiger partial charge on any atom is -0.478 e. The molecular formula is C18H16N2O3. The number of nitrogens with zero attached hydrogens (tertiary/aromatic N) is 1. The molecule has 1 aromatic heterocycles. The van der Waals surface area contributed by atoms with Gasteiger partial charge in [0.1, 0.15) is 6.54 Å². The number of amides is 1. The largest absolute Gasteiger partial charge is 0.478 e. The van der Waals surface area contributed by atoms with Crippen LogP contribution in [0, 0.1) is 6.92 Å². The molecule has 0 radical (unpaired) electrons. The second-order valence-corrected chi connectivity index (χ2v) is 5.44. The number of aromatic nitrogens is 1. The molecule has 5 heteroatoms. The number of anilines is 1. The number of hydrogen-bond acceptors (Lipinski definition) is 2. The fraction of sp³-hybridized carbons (Fsp3) is 0.111. The number of benzene rings is 2. The minimum atomic E-state index is -0.989. The molecule has 3 aromatic rings. The van der Waals surface area contributed by atoms with Gasteiger partial charge in [-0.2, -0.15) is 0 Å². The molecule has 0 unspecified atom stereocenters. The molecule has 0 saturated heterocycles. The van der Waals surface area contributed by atoms with E-state index in [-0.39, 0.29) is 18.0 Å². The Morgan fingerprint density at radius 3 is 2.52 bits per heavy atom. The summed E-state index contributed by atoms with van der Waals surface area (Å²) < 4.78 is 1.88. The summed E-state index contributed by atoms with van der Waals surface area (Å²) in [5.74, 6) is -1.15. The molecule has 23 heavy (non-hydrogen) atoms. The molecule has 0 aliphatic heterocycles. The van der Waals surface area contributed by atoms with E-state index in [4.69, 9.17) is 5.11 Å². The van der Waals surface area contributed by atoms with Crippen LogP contribution in [0.1, 0.15) is 15.9 Å². The third kappa shape index (κ3) is 3.23. The monoisotopic (exact) mass is 308 g/mol. The number of carboxylic acid groups (broad SMARTS) is 1. The van der Waals surface area contributed by atoms with E-state index in [1.807, 2.05) is 35.9 Å². The molecule has 3 rings (SSSR count). The number of carbonyl (C=O) groups is 2. The van der Waals surface area contributed by atoms with E-state index in [1.165, 1.54) is 17.7 Å². The molecule has 5 nitrogen and oxygen atoms in total. The number of fused-ring (bicyclic) bond motifs is 1. The summed E-state index contributed by atoms with van der Waals surface area (Å²) in [5, 5.41) is 12.7. The summed E-state index contributed by atoms with van der Waals surface area (Å²) in [5.41, 5.74) is 2.95. The number of hydrogen-bond donors (Lipinski definition) is 2. The first-order valence-corrected chi connectivity index (χ1v) is 7.21. The first-order valence-electron chi connectivity index (χ1n) is 7.21. The van der Waals surface area contributed by atoms with Gasteiger partial charge >= 0.3 is 5.97 Å². The Kier molecular flexibility index (Phi) is 3.85. The molecule has 0 atom stereocenters. The summed E-state index contributed by atoms with van der Waals surface area (Å²) in [6, 6.07) is 14.2. The number of carbonyl (C=O) groups excluding carboxylic acids is 1. The molecule has 2 aromatic carbocycles. The Bertz CT molecular complexity index is 879. The lowest BCUT2D eigenvalue weighted by molar-refractivity contribution is -0.116. The van der Waals surface area contributed by atoms with Crippen LogP contribution in [0.3, 0.4) is 0 Å². The number of aryl methyl sites for hydroxylation is 1. The minimum absolute atomic E-state index is 0.161. The molecule has 0 saturated carbocycles. The van der Waals surface area contributed by atoms with Crippen LogP contribution >= 0.6 is 0 Å². The van der Waals surface area contributed by atoms with Crippen molar-refractivity contribution in [1.82, 2.24) is 4.57 Å². The van der Waals surface area contributed by atoms with E-state index in [2.05, 4.69) is 11.4 Å². The van der Waals surface area contributed by atoms with Crippen LogP contribution in [0.5, 0.6) is 0 Å². The number of aromatic carboxylic acids is 1. The smallest absolute Gasteiger partial charge is 0.335 e. The Hall–Kier alpha value is -3.08. The third-order valence-electron chi connectivity index (χ3n) is 3.66. The average molecular weight is 308 g/mol. The van der Waals surface area contributed by atoms with Crippen LogP contribution in [0.25, 0.3) is 10.9 Å². The number of rotatable bonds is 4. The van der Waals surface area contributed by atoms with Crippen molar-refractivity contribution < 1.29 is 14.7 Å². The van der Waals surface area contributed by atoms with Crippen LogP contribution in [0.2, 0.25) is 0 Å². The van der Waals surface area contributed by atoms with Crippen LogP contribution in [-0.2, 0) is 11.3 Å². The molecule has 1 amide bonds. The standard InChI is InChI=1S/C18H16N2O3/c1-12-2-7-16-14(10-12)8-9-20(16)11-17(21)19-15-5-3-13(4-6-15)18(22)23/h2-10H,11H2,1H3,(H,19,21)(H,22,23). The molecule has 0 aliphatic rings. The van der Waals surface area contributed by atoms with E-state index in [0.717, 1.165) is 10.9 Å². The molecule has 0 fully saturated rings. The Labute approximate surface area is 133 Å². The van der Waals surface area contributed by atoms with Crippen molar-refractivity contribution in [2.45, 2.75) is 13.5 Å². The maximum atomic E-state index is 12.2. The maximum Gasteiger partial charge on any atom is 0.335 e. The molecular weight excluding hydrogens is 292 g/mol. The van der Waals surface area contributed by atoms with Gasteiger partial charge in [0.2, 0.25) is 5.91 Å². The highest BCUT2D eigenvalue weighted by molar-refractivity contribution is 5.93. The molecule has 0 bridgehead atoms.